The Morgan fingerprint density at radius 1 is 1.13 bits per heavy atom. The van der Waals surface area contributed by atoms with E-state index >= 15 is 0 Å². The van der Waals surface area contributed by atoms with Crippen LogP contribution < -0.4 is 0 Å². The van der Waals surface area contributed by atoms with Crippen molar-refractivity contribution in [3.63, 3.8) is 0 Å². The lowest BCUT2D eigenvalue weighted by Gasteiger charge is -2.18. The van der Waals surface area contributed by atoms with Gasteiger partial charge in [0.25, 0.3) is 0 Å². The van der Waals surface area contributed by atoms with Crippen LogP contribution in [0.1, 0.15) is 36.5 Å². The molecule has 0 fully saturated rings. The molecule has 0 radical (unpaired) electrons. The third-order valence-corrected chi connectivity index (χ3v) is 6.65. The number of rotatable bonds is 10. The molecule has 3 aromatic rings. The maximum atomic E-state index is 12.5. The van der Waals surface area contributed by atoms with E-state index in [2.05, 4.69) is 15.1 Å². The number of aryl methyl sites for hydroxylation is 1. The molecule has 0 bridgehead atoms. The average Bonchev–Trinajstić information content (AvgIpc) is 3.27. The highest BCUT2D eigenvalue weighted by atomic mass is 32.2. The number of aromatic nitrogens is 3. The zero-order valence-corrected chi connectivity index (χ0v) is 18.2. The van der Waals surface area contributed by atoms with Gasteiger partial charge in [-0.1, -0.05) is 19.0 Å². The van der Waals surface area contributed by atoms with E-state index in [1.807, 2.05) is 6.07 Å². The van der Waals surface area contributed by atoms with E-state index in [1.165, 1.54) is 28.6 Å². The fourth-order valence-electron chi connectivity index (χ4n) is 2.92. The maximum Gasteiger partial charge on any atom is 0.338 e. The van der Waals surface area contributed by atoms with Gasteiger partial charge in [0.1, 0.15) is 0 Å². The van der Waals surface area contributed by atoms with E-state index in [1.54, 1.807) is 32.3 Å². The fourth-order valence-corrected chi connectivity index (χ4v) is 4.37. The number of hydrogen-bond donors (Lipinski definition) is 0. The molecular weight excluding hydrogens is 420 g/mol. The van der Waals surface area contributed by atoms with E-state index in [0.29, 0.717) is 37.6 Å². The molecule has 0 saturated heterocycles. The van der Waals surface area contributed by atoms with Gasteiger partial charge >= 0.3 is 5.97 Å². The molecule has 31 heavy (non-hydrogen) atoms. The van der Waals surface area contributed by atoms with Crippen molar-refractivity contribution in [3.05, 3.63) is 60.2 Å². The van der Waals surface area contributed by atoms with Crippen LogP contribution in [-0.4, -0.2) is 53.5 Å². The van der Waals surface area contributed by atoms with Crippen molar-refractivity contribution in [3.8, 4) is 11.4 Å². The smallest absolute Gasteiger partial charge is 0.338 e. The molecule has 164 valence electrons. The molecule has 0 atom stereocenters. The van der Waals surface area contributed by atoms with Gasteiger partial charge in [-0.25, -0.2) is 13.2 Å². The summed E-state index contributed by atoms with van der Waals surface area (Å²) < 4.78 is 36.8. The summed E-state index contributed by atoms with van der Waals surface area (Å²) in [5, 5.41) is 3.91. The van der Waals surface area contributed by atoms with Crippen molar-refractivity contribution in [2.45, 2.75) is 31.6 Å². The third-order valence-electron chi connectivity index (χ3n) is 4.59. The van der Waals surface area contributed by atoms with Gasteiger partial charge in [0.05, 0.1) is 17.1 Å². The summed E-state index contributed by atoms with van der Waals surface area (Å²) in [7, 11) is -3.56. The Bertz CT molecular complexity index is 1090. The first-order valence-corrected chi connectivity index (χ1v) is 11.4. The molecule has 1 aromatic carbocycles. The number of carbonyl (C=O) groups excluding carboxylic acids is 1. The van der Waals surface area contributed by atoms with Gasteiger partial charge in [-0.15, -0.1) is 0 Å². The van der Waals surface area contributed by atoms with Crippen LogP contribution in [0.3, 0.4) is 0 Å². The second-order valence-electron chi connectivity index (χ2n) is 6.61. The van der Waals surface area contributed by atoms with Crippen molar-refractivity contribution < 1.29 is 22.5 Å². The molecule has 0 saturated carbocycles. The summed E-state index contributed by atoms with van der Waals surface area (Å²) >= 11 is 0. The molecule has 3 rings (SSSR count). The first kappa shape index (κ1) is 22.6. The van der Waals surface area contributed by atoms with Gasteiger partial charge in [-0.05, 0) is 42.8 Å². The third kappa shape index (κ3) is 5.53. The predicted molar refractivity (Wildman–Crippen MR) is 113 cm³/mol. The molecule has 0 amide bonds. The van der Waals surface area contributed by atoms with Crippen molar-refractivity contribution >= 4 is 16.0 Å². The molecule has 0 aliphatic heterocycles. The lowest BCUT2D eigenvalue weighted by atomic mass is 10.2. The number of esters is 1. The van der Waals surface area contributed by atoms with Crippen molar-refractivity contribution in [1.29, 1.82) is 0 Å². The van der Waals surface area contributed by atoms with Gasteiger partial charge in [0.2, 0.25) is 21.7 Å². The Morgan fingerprint density at radius 3 is 2.52 bits per heavy atom. The Balaban J connectivity index is 1.50. The predicted octanol–water partition coefficient (Wildman–Crippen LogP) is 2.95. The number of pyridine rings is 1. The van der Waals surface area contributed by atoms with E-state index in [-0.39, 0.29) is 17.1 Å². The summed E-state index contributed by atoms with van der Waals surface area (Å²) in [6, 6.07) is 9.37. The highest BCUT2D eigenvalue weighted by Gasteiger charge is 2.21. The summed E-state index contributed by atoms with van der Waals surface area (Å²) in [6.45, 7) is 4.49. The van der Waals surface area contributed by atoms with E-state index in [9.17, 15) is 13.2 Å². The molecule has 0 unspecified atom stereocenters. The number of carbonyl (C=O) groups is 1. The largest absolute Gasteiger partial charge is 0.462 e. The zero-order chi connectivity index (χ0) is 22.3. The number of hydrogen-bond acceptors (Lipinski definition) is 8. The van der Waals surface area contributed by atoms with Crippen LogP contribution in [-0.2, 0) is 21.2 Å². The highest BCUT2D eigenvalue weighted by molar-refractivity contribution is 7.89. The Hall–Kier alpha value is -3.11. The van der Waals surface area contributed by atoms with Crippen LogP contribution in [0.15, 0.2) is 58.2 Å². The molecule has 0 spiro atoms. The van der Waals surface area contributed by atoms with Gasteiger partial charge in [-0.3, -0.25) is 4.98 Å². The topological polar surface area (TPSA) is 115 Å². The molecular formula is C21H24N4O5S. The molecule has 10 heteroatoms. The second kappa shape index (κ2) is 10.3. The van der Waals surface area contributed by atoms with Crippen LogP contribution in [0.2, 0.25) is 0 Å². The van der Waals surface area contributed by atoms with Crippen LogP contribution >= 0.6 is 0 Å². The van der Waals surface area contributed by atoms with E-state index in [4.69, 9.17) is 9.26 Å². The fraction of sp³-hybridized carbons (Fsp3) is 0.333. The number of ether oxygens (including phenoxy) is 1. The van der Waals surface area contributed by atoms with Crippen LogP contribution in [0, 0.1) is 0 Å². The molecule has 2 heterocycles. The summed E-state index contributed by atoms with van der Waals surface area (Å²) in [4.78, 5) is 20.7. The van der Waals surface area contributed by atoms with Crippen molar-refractivity contribution in [2.24, 2.45) is 0 Å². The molecule has 0 aliphatic carbocycles. The quantitative estimate of drug-likeness (QED) is 0.346. The number of benzene rings is 1. The maximum absolute atomic E-state index is 12.5. The summed E-state index contributed by atoms with van der Waals surface area (Å²) in [5.41, 5.74) is 1.05. The molecule has 0 N–H and O–H groups in total. The van der Waals surface area contributed by atoms with Gasteiger partial charge in [0, 0.05) is 37.5 Å². The minimum Gasteiger partial charge on any atom is -0.462 e. The summed E-state index contributed by atoms with van der Waals surface area (Å²) in [6.07, 6.45) is 4.28. The van der Waals surface area contributed by atoms with Gasteiger partial charge < -0.3 is 9.26 Å². The Labute approximate surface area is 181 Å². The zero-order valence-electron chi connectivity index (χ0n) is 17.4. The lowest BCUT2D eigenvalue weighted by Crippen LogP contribution is -2.30. The molecule has 9 nitrogen and oxygen atoms in total. The Morgan fingerprint density at radius 2 is 1.87 bits per heavy atom. The van der Waals surface area contributed by atoms with E-state index in [0.717, 1.165) is 5.56 Å². The molecule has 2 aromatic heterocycles. The summed E-state index contributed by atoms with van der Waals surface area (Å²) in [5.74, 6) is 0.383. The van der Waals surface area contributed by atoms with Crippen molar-refractivity contribution in [2.75, 3.05) is 19.7 Å². The SMILES string of the molecule is CCN(CC)S(=O)(=O)c1ccc(C(=O)OCCCc2nc(-c3cccnc3)no2)cc1. The minimum atomic E-state index is -3.56. The molecule has 0 aliphatic rings. The first-order chi connectivity index (χ1) is 15.0. The van der Waals surface area contributed by atoms with E-state index < -0.39 is 16.0 Å². The van der Waals surface area contributed by atoms with Crippen LogP contribution in [0.25, 0.3) is 11.4 Å². The monoisotopic (exact) mass is 444 g/mol. The lowest BCUT2D eigenvalue weighted by molar-refractivity contribution is 0.0498. The Kier molecular flexibility index (Phi) is 7.48. The van der Waals surface area contributed by atoms with Gasteiger partial charge in [0.15, 0.2) is 0 Å². The number of sulfonamides is 1. The number of nitrogens with zero attached hydrogens (tertiary/aromatic N) is 4. The van der Waals surface area contributed by atoms with Crippen LogP contribution in [0.4, 0.5) is 0 Å². The normalized spacial score (nSPS) is 11.6. The van der Waals surface area contributed by atoms with Crippen molar-refractivity contribution in [1.82, 2.24) is 19.4 Å². The average molecular weight is 445 g/mol. The highest BCUT2D eigenvalue weighted by Crippen LogP contribution is 2.17. The minimum absolute atomic E-state index is 0.147. The van der Waals surface area contributed by atoms with Gasteiger partial charge in [-0.2, -0.15) is 9.29 Å². The standard InChI is InChI=1S/C21H24N4O5S/c1-3-25(4-2)31(27,28)18-11-9-16(10-12-18)21(26)29-14-6-8-19-23-20(24-30-19)17-7-5-13-22-15-17/h5,7,9-13,15H,3-4,6,8,14H2,1-2H3. The first-order valence-electron chi connectivity index (χ1n) is 9.96. The van der Waals surface area contributed by atoms with Crippen LogP contribution in [0.5, 0.6) is 0 Å². The second-order valence-corrected chi connectivity index (χ2v) is 8.54.